The molecule has 1 aliphatic heterocycles. The molecule has 11 heteroatoms. The lowest BCUT2D eigenvalue weighted by Gasteiger charge is -2.24. The molecule has 148 valence electrons. The fraction of sp³-hybridized carbons (Fsp3) is 0.688. The molecule has 0 spiro atoms. The van der Waals surface area contributed by atoms with Crippen molar-refractivity contribution in [1.82, 2.24) is 14.5 Å². The van der Waals surface area contributed by atoms with Gasteiger partial charge in [-0.15, -0.1) is 4.91 Å². The Labute approximate surface area is 159 Å². The molecule has 1 saturated heterocycles. The van der Waals surface area contributed by atoms with Crippen molar-refractivity contribution < 1.29 is 14.6 Å². The van der Waals surface area contributed by atoms with Gasteiger partial charge in [-0.1, -0.05) is 25.2 Å². The molecule has 0 amide bonds. The van der Waals surface area contributed by atoms with E-state index in [0.717, 1.165) is 11.3 Å². The van der Waals surface area contributed by atoms with Crippen LogP contribution in [0.15, 0.2) is 16.2 Å². The summed E-state index contributed by atoms with van der Waals surface area (Å²) in [6.07, 6.45) is 1.14. The van der Waals surface area contributed by atoms with Crippen LogP contribution in [0.25, 0.3) is 10.3 Å². The van der Waals surface area contributed by atoms with Crippen LogP contribution in [0.1, 0.15) is 45.8 Å². The quantitative estimate of drug-likeness (QED) is 0.642. The number of aliphatic hydroxyl groups is 1. The lowest BCUT2D eigenvalue weighted by molar-refractivity contribution is -0.0776. The van der Waals surface area contributed by atoms with E-state index in [0.29, 0.717) is 29.6 Å². The SMILES string of the molecule is CCC(CC)(N=O)OCCC1OC(n2c(=O)sc3cnc(N)nc32)CC1O. The number of rotatable bonds is 8. The number of aromatic nitrogens is 3. The Hall–Kier alpha value is -1.95. The lowest BCUT2D eigenvalue weighted by atomic mass is 10.1. The van der Waals surface area contributed by atoms with Crippen LogP contribution in [0, 0.1) is 4.91 Å². The van der Waals surface area contributed by atoms with Crippen LogP contribution < -0.4 is 10.6 Å². The Bertz CT molecular complexity index is 864. The van der Waals surface area contributed by atoms with Gasteiger partial charge in [0.25, 0.3) is 0 Å². The Kier molecular flexibility index (Phi) is 5.84. The number of nitrogens with zero attached hydrogens (tertiary/aromatic N) is 4. The van der Waals surface area contributed by atoms with Crippen molar-refractivity contribution in [2.45, 2.75) is 63.7 Å². The summed E-state index contributed by atoms with van der Waals surface area (Å²) in [7, 11) is 0. The van der Waals surface area contributed by atoms with E-state index < -0.39 is 24.2 Å². The highest BCUT2D eigenvalue weighted by Gasteiger charge is 2.37. The number of fused-ring (bicyclic) bond motifs is 1. The van der Waals surface area contributed by atoms with Crippen molar-refractivity contribution >= 4 is 27.6 Å². The molecule has 3 N–H and O–H groups in total. The monoisotopic (exact) mass is 397 g/mol. The minimum atomic E-state index is -1.04. The first-order valence-corrected chi connectivity index (χ1v) is 9.70. The summed E-state index contributed by atoms with van der Waals surface area (Å²) in [4.78, 5) is 31.2. The fourth-order valence-corrected chi connectivity index (χ4v) is 4.04. The van der Waals surface area contributed by atoms with Gasteiger partial charge in [-0.05, 0) is 24.4 Å². The molecule has 0 aromatic carbocycles. The largest absolute Gasteiger partial charge is 0.390 e. The number of ether oxygens (including phenoxy) is 2. The molecule has 0 radical (unpaired) electrons. The minimum absolute atomic E-state index is 0.0642. The first kappa shape index (κ1) is 19.8. The third-order valence-corrected chi connectivity index (χ3v) is 5.79. The van der Waals surface area contributed by atoms with Crippen molar-refractivity contribution in [2.24, 2.45) is 5.18 Å². The molecule has 3 rings (SSSR count). The van der Waals surface area contributed by atoms with Crippen molar-refractivity contribution in [1.29, 1.82) is 0 Å². The smallest absolute Gasteiger partial charge is 0.311 e. The molecule has 10 nitrogen and oxygen atoms in total. The molecule has 27 heavy (non-hydrogen) atoms. The van der Waals surface area contributed by atoms with E-state index in [-0.39, 0.29) is 23.8 Å². The molecule has 3 heterocycles. The van der Waals surface area contributed by atoms with E-state index in [1.807, 2.05) is 13.8 Å². The molecule has 2 aromatic heterocycles. The fourth-order valence-electron chi connectivity index (χ4n) is 3.21. The van der Waals surface area contributed by atoms with Gasteiger partial charge in [0.05, 0.1) is 29.7 Å². The van der Waals surface area contributed by atoms with Crippen molar-refractivity contribution in [3.05, 3.63) is 20.8 Å². The van der Waals surface area contributed by atoms with E-state index in [1.54, 1.807) is 0 Å². The van der Waals surface area contributed by atoms with Gasteiger partial charge in [-0.25, -0.2) is 4.98 Å². The first-order valence-electron chi connectivity index (χ1n) is 8.88. The summed E-state index contributed by atoms with van der Waals surface area (Å²) < 4.78 is 13.5. The molecule has 3 atom stereocenters. The molecular formula is C16H23N5O5S. The minimum Gasteiger partial charge on any atom is -0.390 e. The highest BCUT2D eigenvalue weighted by atomic mass is 32.1. The average molecular weight is 397 g/mol. The topological polar surface area (TPSA) is 142 Å². The Morgan fingerprint density at radius 1 is 1.52 bits per heavy atom. The van der Waals surface area contributed by atoms with Gasteiger partial charge in [0.15, 0.2) is 11.4 Å². The van der Waals surface area contributed by atoms with E-state index >= 15 is 0 Å². The van der Waals surface area contributed by atoms with Crippen molar-refractivity contribution in [2.75, 3.05) is 12.3 Å². The van der Waals surface area contributed by atoms with Crippen LogP contribution in [0.3, 0.4) is 0 Å². The number of hydrogen-bond acceptors (Lipinski definition) is 10. The number of nitrogens with two attached hydrogens (primary N) is 1. The zero-order valence-electron chi connectivity index (χ0n) is 15.2. The van der Waals surface area contributed by atoms with Gasteiger partial charge in [0.1, 0.15) is 6.23 Å². The highest BCUT2D eigenvalue weighted by Crippen LogP contribution is 2.33. The van der Waals surface area contributed by atoms with Gasteiger partial charge in [-0.2, -0.15) is 4.98 Å². The molecule has 3 unspecified atom stereocenters. The molecule has 0 aliphatic carbocycles. The van der Waals surface area contributed by atoms with Crippen LogP contribution in [-0.4, -0.2) is 44.2 Å². The summed E-state index contributed by atoms with van der Waals surface area (Å²) in [6, 6.07) is 0. The average Bonchev–Trinajstić information content (AvgIpc) is 3.17. The van der Waals surface area contributed by atoms with E-state index in [2.05, 4.69) is 15.1 Å². The number of anilines is 1. The van der Waals surface area contributed by atoms with Crippen LogP contribution in [0.5, 0.6) is 0 Å². The maximum absolute atomic E-state index is 12.4. The second kappa shape index (κ2) is 7.97. The van der Waals surface area contributed by atoms with E-state index in [9.17, 15) is 14.8 Å². The molecule has 0 bridgehead atoms. The first-order chi connectivity index (χ1) is 12.9. The number of aliphatic hydroxyl groups excluding tert-OH is 1. The van der Waals surface area contributed by atoms with Gasteiger partial charge >= 0.3 is 4.87 Å². The van der Waals surface area contributed by atoms with E-state index in [4.69, 9.17) is 15.2 Å². The maximum atomic E-state index is 12.4. The van der Waals surface area contributed by atoms with Crippen LogP contribution in [-0.2, 0) is 9.47 Å². The maximum Gasteiger partial charge on any atom is 0.311 e. The second-order valence-electron chi connectivity index (χ2n) is 6.47. The van der Waals surface area contributed by atoms with Gasteiger partial charge < -0.3 is 20.3 Å². The Balaban J connectivity index is 1.70. The van der Waals surface area contributed by atoms with Gasteiger partial charge in [0.2, 0.25) is 5.95 Å². The van der Waals surface area contributed by atoms with Crippen molar-refractivity contribution in [3.63, 3.8) is 0 Å². The highest BCUT2D eigenvalue weighted by molar-refractivity contribution is 7.16. The normalized spacial score (nSPS) is 23.1. The molecule has 0 saturated carbocycles. The summed E-state index contributed by atoms with van der Waals surface area (Å²) in [5.41, 5.74) is 4.98. The standard InChI is InChI=1S/C16H23N5O5S/c1-3-16(4-2,20-24)25-6-5-10-9(22)7-12(26-10)21-13-11(27-15(21)23)8-18-14(17)19-13/h8-10,12,22H,3-7H2,1-2H3,(H2,17,18,19). The van der Waals surface area contributed by atoms with Crippen LogP contribution in [0.2, 0.25) is 0 Å². The number of nitroso groups, excluding NO2 is 1. The molecule has 1 fully saturated rings. The third kappa shape index (κ3) is 3.86. The lowest BCUT2D eigenvalue weighted by Crippen LogP contribution is -2.31. The summed E-state index contributed by atoms with van der Waals surface area (Å²) in [6.45, 7) is 3.89. The summed E-state index contributed by atoms with van der Waals surface area (Å²) in [5.74, 6) is 0.0642. The van der Waals surface area contributed by atoms with Gasteiger partial charge in [-0.3, -0.25) is 9.36 Å². The predicted octanol–water partition coefficient (Wildman–Crippen LogP) is 1.77. The van der Waals surface area contributed by atoms with E-state index in [1.165, 1.54) is 10.8 Å². The number of hydrogen-bond donors (Lipinski definition) is 2. The third-order valence-electron chi connectivity index (χ3n) is 4.91. The summed E-state index contributed by atoms with van der Waals surface area (Å²) >= 11 is 1.00. The second-order valence-corrected chi connectivity index (χ2v) is 7.46. The molecule has 2 aromatic rings. The molecule has 1 aliphatic rings. The zero-order chi connectivity index (χ0) is 19.6. The predicted molar refractivity (Wildman–Crippen MR) is 100 cm³/mol. The van der Waals surface area contributed by atoms with Crippen LogP contribution >= 0.6 is 11.3 Å². The molecular weight excluding hydrogens is 374 g/mol. The summed E-state index contributed by atoms with van der Waals surface area (Å²) in [5, 5.41) is 13.4. The Morgan fingerprint density at radius 2 is 2.26 bits per heavy atom. The number of nitrogen functional groups attached to an aromatic ring is 1. The zero-order valence-corrected chi connectivity index (χ0v) is 16.0. The van der Waals surface area contributed by atoms with Crippen LogP contribution in [0.4, 0.5) is 5.95 Å². The van der Waals surface area contributed by atoms with Gasteiger partial charge in [0, 0.05) is 6.42 Å². The van der Waals surface area contributed by atoms with Crippen molar-refractivity contribution in [3.8, 4) is 0 Å². The number of thiazole rings is 1. The Morgan fingerprint density at radius 3 is 2.93 bits per heavy atom.